The van der Waals surface area contributed by atoms with Crippen molar-refractivity contribution in [3.05, 3.63) is 72.9 Å². The summed E-state index contributed by atoms with van der Waals surface area (Å²) in [6.07, 6.45) is 119. The van der Waals surface area contributed by atoms with Crippen molar-refractivity contribution in [2.45, 2.75) is 469 Å². The number of rotatable bonds is 80. The molecule has 0 heterocycles. The summed E-state index contributed by atoms with van der Waals surface area (Å²) in [4.78, 5) is 24.8. The summed E-state index contributed by atoms with van der Waals surface area (Å²) < 4.78 is 10.8. The number of aliphatic hydroxyl groups is 1. The second-order valence-electron chi connectivity index (χ2n) is 28.9. The van der Waals surface area contributed by atoms with Gasteiger partial charge in [0.1, 0.15) is 6.61 Å². The van der Waals surface area contributed by atoms with E-state index in [2.05, 4.69) is 86.8 Å². The van der Waals surface area contributed by atoms with Crippen LogP contribution in [-0.2, 0) is 19.1 Å². The lowest BCUT2D eigenvalue weighted by molar-refractivity contribution is -0.161. The molecule has 0 fully saturated rings. The minimum atomic E-state index is -0.773. The summed E-state index contributed by atoms with van der Waals surface area (Å²) in [6.45, 7) is 4.09. The lowest BCUT2D eigenvalue weighted by Crippen LogP contribution is -2.28. The van der Waals surface area contributed by atoms with Crippen molar-refractivity contribution in [3.63, 3.8) is 0 Å². The summed E-state index contributed by atoms with van der Waals surface area (Å²) in [7, 11) is 0. The predicted molar refractivity (Wildman–Crippen MR) is 417 cm³/mol. The fourth-order valence-electron chi connectivity index (χ4n) is 13.2. The largest absolute Gasteiger partial charge is 0.462 e. The summed E-state index contributed by atoms with van der Waals surface area (Å²) >= 11 is 0. The van der Waals surface area contributed by atoms with Gasteiger partial charge < -0.3 is 14.6 Å². The van der Waals surface area contributed by atoms with E-state index in [9.17, 15) is 14.7 Å². The van der Waals surface area contributed by atoms with E-state index in [1.54, 1.807) is 0 Å². The summed E-state index contributed by atoms with van der Waals surface area (Å²) in [6, 6.07) is 0. The number of unbranched alkanes of at least 4 members (excludes halogenated alkanes) is 60. The Labute approximate surface area is 588 Å². The molecule has 0 aromatic carbocycles. The van der Waals surface area contributed by atoms with Gasteiger partial charge in [0.25, 0.3) is 0 Å². The number of hydrogen-bond acceptors (Lipinski definition) is 5. The van der Waals surface area contributed by atoms with E-state index >= 15 is 0 Å². The van der Waals surface area contributed by atoms with Crippen molar-refractivity contribution in [3.8, 4) is 0 Å². The molecule has 0 saturated heterocycles. The SMILES string of the molecule is CC/C=C\C/C=C\C/C=C\C/C=C\C/C=C\C/C=C\CCCCCCCCCCCCCCCCCCCCCCC(=O)OC(CO)COC(=O)CCCCCCCCCCCCCCCCCCCCCCCCCCCCCCCCCCCCCCCCCCC. The fraction of sp³-hybridized carbons (Fsp3) is 0.843. The Morgan fingerprint density at radius 3 is 0.691 bits per heavy atom. The Bertz CT molecular complexity index is 1640. The first-order valence-electron chi connectivity index (χ1n) is 42.5. The molecule has 1 atom stereocenters. The van der Waals surface area contributed by atoms with Gasteiger partial charge in [-0.1, -0.05) is 459 Å². The highest BCUT2D eigenvalue weighted by Gasteiger charge is 2.16. The van der Waals surface area contributed by atoms with Crippen LogP contribution in [0, 0.1) is 0 Å². The lowest BCUT2D eigenvalue weighted by Gasteiger charge is -2.15. The molecule has 550 valence electrons. The van der Waals surface area contributed by atoms with E-state index in [0.717, 1.165) is 70.6 Å². The standard InChI is InChI=1S/C89H164O5/c1-3-5-7-9-11-13-15-17-19-21-23-25-27-29-31-33-35-37-39-41-43-44-46-47-49-51-53-55-57-59-61-63-65-67-69-71-73-75-77-79-81-83-88(91)93-86-87(85-90)94-89(92)84-82-80-78-76-74-72-70-68-66-64-62-60-58-56-54-52-50-48-45-42-40-38-36-34-32-30-28-26-24-22-20-18-16-14-12-10-8-6-4-2/h6,8,12,14,18,20,24,26,30,32,36,38,87,90H,3-5,7,9-11,13,15-17,19,21-23,25,27-29,31,33-35,37,39-86H2,1-2H3/b8-6-,14-12-,20-18-,26-24-,32-30-,38-36-. The zero-order valence-electron chi connectivity index (χ0n) is 63.5. The molecule has 94 heavy (non-hydrogen) atoms. The van der Waals surface area contributed by atoms with E-state index in [0.29, 0.717) is 12.8 Å². The van der Waals surface area contributed by atoms with Crippen LogP contribution in [0.4, 0.5) is 0 Å². The van der Waals surface area contributed by atoms with Crippen LogP contribution >= 0.6 is 0 Å². The van der Waals surface area contributed by atoms with Crippen LogP contribution in [0.1, 0.15) is 463 Å². The first-order chi connectivity index (χ1) is 46.6. The molecule has 0 rings (SSSR count). The van der Waals surface area contributed by atoms with Crippen molar-refractivity contribution < 1.29 is 24.2 Å². The Kier molecular flexibility index (Phi) is 82.2. The molecule has 1 unspecified atom stereocenters. The minimum Gasteiger partial charge on any atom is -0.462 e. The Morgan fingerprint density at radius 2 is 0.457 bits per heavy atom. The van der Waals surface area contributed by atoms with Gasteiger partial charge in [-0.15, -0.1) is 0 Å². The van der Waals surface area contributed by atoms with Gasteiger partial charge in [-0.25, -0.2) is 0 Å². The second kappa shape index (κ2) is 84.6. The van der Waals surface area contributed by atoms with Crippen LogP contribution in [-0.4, -0.2) is 36.4 Å². The van der Waals surface area contributed by atoms with Crippen LogP contribution in [0.5, 0.6) is 0 Å². The smallest absolute Gasteiger partial charge is 0.306 e. The van der Waals surface area contributed by atoms with Gasteiger partial charge in [-0.2, -0.15) is 0 Å². The summed E-state index contributed by atoms with van der Waals surface area (Å²) in [5, 5.41) is 9.74. The van der Waals surface area contributed by atoms with Crippen LogP contribution < -0.4 is 0 Å². The molecule has 0 bridgehead atoms. The number of carbonyl (C=O) groups excluding carboxylic acids is 2. The van der Waals surface area contributed by atoms with Gasteiger partial charge in [0.15, 0.2) is 6.10 Å². The van der Waals surface area contributed by atoms with Crippen LogP contribution in [0.15, 0.2) is 72.9 Å². The monoisotopic (exact) mass is 1310 g/mol. The molecular formula is C89H164O5. The molecule has 0 saturated carbocycles. The Morgan fingerprint density at radius 1 is 0.255 bits per heavy atom. The number of allylic oxidation sites excluding steroid dienone is 12. The highest BCUT2D eigenvalue weighted by atomic mass is 16.6. The van der Waals surface area contributed by atoms with Crippen LogP contribution in [0.2, 0.25) is 0 Å². The first kappa shape index (κ1) is 91.3. The van der Waals surface area contributed by atoms with Gasteiger partial charge >= 0.3 is 11.9 Å². The fourth-order valence-corrected chi connectivity index (χ4v) is 13.2. The van der Waals surface area contributed by atoms with Crippen molar-refractivity contribution in [2.24, 2.45) is 0 Å². The molecule has 0 aliphatic carbocycles. The number of aliphatic hydroxyl groups excluding tert-OH is 1. The number of carbonyl (C=O) groups is 2. The van der Waals surface area contributed by atoms with Crippen molar-refractivity contribution in [1.82, 2.24) is 0 Å². The third kappa shape index (κ3) is 81.8. The van der Waals surface area contributed by atoms with Crippen LogP contribution in [0.3, 0.4) is 0 Å². The van der Waals surface area contributed by atoms with Gasteiger partial charge in [0, 0.05) is 12.8 Å². The summed E-state index contributed by atoms with van der Waals surface area (Å²) in [5.74, 6) is -0.565. The highest BCUT2D eigenvalue weighted by molar-refractivity contribution is 5.70. The molecular weight excluding hydrogens is 1150 g/mol. The van der Waals surface area contributed by atoms with Crippen LogP contribution in [0.25, 0.3) is 0 Å². The predicted octanol–water partition coefficient (Wildman–Crippen LogP) is 30.1. The first-order valence-corrected chi connectivity index (χ1v) is 42.5. The van der Waals surface area contributed by atoms with E-state index in [1.807, 2.05) is 0 Å². The molecule has 0 amide bonds. The maximum Gasteiger partial charge on any atom is 0.306 e. The van der Waals surface area contributed by atoms with E-state index in [4.69, 9.17) is 9.47 Å². The van der Waals surface area contributed by atoms with E-state index in [-0.39, 0.29) is 25.2 Å². The van der Waals surface area contributed by atoms with Gasteiger partial charge in [0.05, 0.1) is 6.61 Å². The number of esters is 2. The van der Waals surface area contributed by atoms with Gasteiger partial charge in [-0.3, -0.25) is 9.59 Å². The summed E-state index contributed by atoms with van der Waals surface area (Å²) in [5.41, 5.74) is 0. The molecule has 5 heteroatoms. The zero-order valence-corrected chi connectivity index (χ0v) is 63.5. The highest BCUT2D eigenvalue weighted by Crippen LogP contribution is 2.21. The number of ether oxygens (including phenoxy) is 2. The molecule has 0 radical (unpaired) electrons. The topological polar surface area (TPSA) is 72.8 Å². The molecule has 0 spiro atoms. The molecule has 0 aliphatic rings. The third-order valence-electron chi connectivity index (χ3n) is 19.5. The maximum absolute atomic E-state index is 12.4. The zero-order chi connectivity index (χ0) is 67.5. The number of hydrogen-bond donors (Lipinski definition) is 1. The van der Waals surface area contributed by atoms with Crippen molar-refractivity contribution in [1.29, 1.82) is 0 Å². The lowest BCUT2D eigenvalue weighted by atomic mass is 10.0. The Balaban J connectivity index is 3.37. The van der Waals surface area contributed by atoms with Crippen molar-refractivity contribution >= 4 is 11.9 Å². The average Bonchev–Trinajstić information content (AvgIpc) is 3.65. The van der Waals surface area contributed by atoms with E-state index in [1.165, 1.54) is 366 Å². The van der Waals surface area contributed by atoms with Crippen molar-refractivity contribution in [2.75, 3.05) is 13.2 Å². The molecule has 0 aromatic rings. The average molecular weight is 1310 g/mol. The van der Waals surface area contributed by atoms with E-state index < -0.39 is 6.10 Å². The minimum absolute atomic E-state index is 0.0602. The maximum atomic E-state index is 12.4. The van der Waals surface area contributed by atoms with Gasteiger partial charge in [-0.05, 0) is 64.2 Å². The van der Waals surface area contributed by atoms with Gasteiger partial charge in [0.2, 0.25) is 0 Å². The molecule has 0 aromatic heterocycles. The molecule has 5 nitrogen and oxygen atoms in total. The molecule has 1 N–H and O–H groups in total. The Hall–Kier alpha value is -2.66. The molecule has 0 aliphatic heterocycles. The second-order valence-corrected chi connectivity index (χ2v) is 28.9. The third-order valence-corrected chi connectivity index (χ3v) is 19.5. The normalized spacial score (nSPS) is 12.5. The quantitative estimate of drug-likeness (QED) is 0.0373.